The summed E-state index contributed by atoms with van der Waals surface area (Å²) in [6.45, 7) is 2.05. The maximum atomic E-state index is 12.1. The molecular weight excluding hydrogens is 328 g/mol. The van der Waals surface area contributed by atoms with E-state index in [1.807, 2.05) is 60.8 Å². The summed E-state index contributed by atoms with van der Waals surface area (Å²) in [5.41, 5.74) is 6.42. The summed E-state index contributed by atoms with van der Waals surface area (Å²) in [5.74, 6) is -0.394. The molecule has 6 heteroatoms. The average molecular weight is 346 g/mol. The van der Waals surface area contributed by atoms with Crippen LogP contribution in [0.4, 0.5) is 0 Å². The number of aromatic amines is 1. The first-order valence-corrected chi connectivity index (χ1v) is 8.48. The summed E-state index contributed by atoms with van der Waals surface area (Å²) < 4.78 is 5.07. The highest BCUT2D eigenvalue weighted by molar-refractivity contribution is 6.36. The van der Waals surface area contributed by atoms with Crippen LogP contribution in [-0.2, 0) is 9.53 Å². The molecular formula is C20H18N4O2. The fraction of sp³-hybridized carbons (Fsp3) is 0.150. The van der Waals surface area contributed by atoms with Crippen LogP contribution in [0.1, 0.15) is 24.1 Å². The first kappa shape index (κ1) is 16.1. The van der Waals surface area contributed by atoms with Gasteiger partial charge in [0.05, 0.1) is 12.3 Å². The van der Waals surface area contributed by atoms with Gasteiger partial charge >= 0.3 is 5.97 Å². The SMILES string of the molecule is CCOC(=O)C1=NC(c2c[nH]c3ccccc23)C(c2ccccc2)=NN1. The van der Waals surface area contributed by atoms with Crippen LogP contribution in [0.25, 0.3) is 10.9 Å². The van der Waals surface area contributed by atoms with Gasteiger partial charge in [0.25, 0.3) is 0 Å². The first-order valence-electron chi connectivity index (χ1n) is 8.48. The van der Waals surface area contributed by atoms with Gasteiger partial charge in [-0.2, -0.15) is 5.10 Å². The van der Waals surface area contributed by atoms with Crippen LogP contribution < -0.4 is 5.43 Å². The zero-order valence-electron chi connectivity index (χ0n) is 14.3. The van der Waals surface area contributed by atoms with E-state index in [4.69, 9.17) is 4.74 Å². The van der Waals surface area contributed by atoms with Gasteiger partial charge in [0.2, 0.25) is 5.84 Å². The van der Waals surface area contributed by atoms with Gasteiger partial charge in [-0.3, -0.25) is 5.43 Å². The Balaban J connectivity index is 1.82. The summed E-state index contributed by atoms with van der Waals surface area (Å²) in [4.78, 5) is 20.0. The number of aliphatic imine (C=N–C) groups is 1. The van der Waals surface area contributed by atoms with Crippen molar-refractivity contribution in [2.75, 3.05) is 6.61 Å². The van der Waals surface area contributed by atoms with E-state index in [2.05, 4.69) is 20.5 Å². The summed E-state index contributed by atoms with van der Waals surface area (Å²) >= 11 is 0. The third kappa shape index (κ3) is 2.86. The summed E-state index contributed by atoms with van der Waals surface area (Å²) in [6, 6.07) is 17.4. The van der Waals surface area contributed by atoms with Crippen LogP contribution in [0, 0.1) is 0 Å². The number of aromatic nitrogens is 1. The molecule has 3 aromatic rings. The number of esters is 1. The zero-order valence-corrected chi connectivity index (χ0v) is 14.3. The molecule has 0 radical (unpaired) electrons. The van der Waals surface area contributed by atoms with Crippen molar-refractivity contribution in [2.45, 2.75) is 13.0 Å². The molecule has 0 bridgehead atoms. The Bertz CT molecular complexity index is 1000. The van der Waals surface area contributed by atoms with Crippen molar-refractivity contribution in [3.05, 3.63) is 71.9 Å². The first-order chi connectivity index (χ1) is 12.8. The Labute approximate surface area is 150 Å². The molecule has 130 valence electrons. The van der Waals surface area contributed by atoms with E-state index in [1.165, 1.54) is 0 Å². The van der Waals surface area contributed by atoms with Crippen molar-refractivity contribution in [3.8, 4) is 0 Å². The number of rotatable bonds is 4. The van der Waals surface area contributed by atoms with E-state index in [0.717, 1.165) is 27.7 Å². The molecule has 6 nitrogen and oxygen atoms in total. The minimum absolute atomic E-state index is 0.113. The molecule has 2 aromatic carbocycles. The molecule has 0 fully saturated rings. The standard InChI is InChI=1S/C20H18N4O2/c1-2-26-20(25)19-22-18(15-12-21-16-11-7-6-10-14(15)16)17(23-24-19)13-8-4-3-5-9-13/h3-12,18,21H,2H2,1H3,(H,22,24). The van der Waals surface area contributed by atoms with Crippen molar-refractivity contribution >= 4 is 28.4 Å². The molecule has 1 aliphatic rings. The predicted octanol–water partition coefficient (Wildman–Crippen LogP) is 3.18. The van der Waals surface area contributed by atoms with Gasteiger partial charge in [-0.05, 0) is 13.0 Å². The van der Waals surface area contributed by atoms with Crippen LogP contribution in [0.15, 0.2) is 70.9 Å². The number of benzene rings is 2. The third-order valence-corrected chi connectivity index (χ3v) is 4.25. The monoisotopic (exact) mass is 346 g/mol. The molecule has 26 heavy (non-hydrogen) atoms. The number of para-hydroxylation sites is 1. The Hall–Kier alpha value is -3.41. The van der Waals surface area contributed by atoms with Crippen molar-refractivity contribution in [1.29, 1.82) is 0 Å². The average Bonchev–Trinajstić information content (AvgIpc) is 3.12. The van der Waals surface area contributed by atoms with Crippen LogP contribution in [0.5, 0.6) is 0 Å². The molecule has 1 aromatic heterocycles. The quantitative estimate of drug-likeness (QED) is 0.712. The molecule has 0 spiro atoms. The molecule has 1 unspecified atom stereocenters. The van der Waals surface area contributed by atoms with Crippen molar-refractivity contribution in [2.24, 2.45) is 10.1 Å². The number of H-pyrrole nitrogens is 1. The number of hydrazone groups is 1. The minimum Gasteiger partial charge on any atom is -0.460 e. The van der Waals surface area contributed by atoms with Crippen molar-refractivity contribution < 1.29 is 9.53 Å². The van der Waals surface area contributed by atoms with E-state index in [0.29, 0.717) is 0 Å². The van der Waals surface area contributed by atoms with E-state index in [-0.39, 0.29) is 12.4 Å². The smallest absolute Gasteiger partial charge is 0.375 e. The molecule has 0 amide bonds. The van der Waals surface area contributed by atoms with E-state index in [9.17, 15) is 4.79 Å². The topological polar surface area (TPSA) is 78.8 Å². The molecule has 4 rings (SSSR count). The number of hydrogen-bond donors (Lipinski definition) is 2. The number of carbonyl (C=O) groups excluding carboxylic acids is 1. The van der Waals surface area contributed by atoms with E-state index >= 15 is 0 Å². The highest BCUT2D eigenvalue weighted by Gasteiger charge is 2.28. The van der Waals surface area contributed by atoms with Gasteiger partial charge in [-0.15, -0.1) is 0 Å². The van der Waals surface area contributed by atoms with E-state index < -0.39 is 12.0 Å². The van der Waals surface area contributed by atoms with Crippen LogP contribution in [0.3, 0.4) is 0 Å². The lowest BCUT2D eigenvalue weighted by atomic mass is 9.96. The second-order valence-electron chi connectivity index (χ2n) is 5.87. The Morgan fingerprint density at radius 3 is 2.69 bits per heavy atom. The van der Waals surface area contributed by atoms with Gasteiger partial charge in [-0.25, -0.2) is 9.79 Å². The lowest BCUT2D eigenvalue weighted by molar-refractivity contribution is -0.135. The molecule has 0 aliphatic carbocycles. The number of amidine groups is 1. The molecule has 0 saturated carbocycles. The van der Waals surface area contributed by atoms with Gasteiger partial charge in [0.15, 0.2) is 0 Å². The van der Waals surface area contributed by atoms with Gasteiger partial charge < -0.3 is 9.72 Å². The van der Waals surface area contributed by atoms with Crippen LogP contribution >= 0.6 is 0 Å². The zero-order chi connectivity index (χ0) is 17.9. The molecule has 2 heterocycles. The summed E-state index contributed by atoms with van der Waals surface area (Å²) in [6.07, 6.45) is 1.92. The second kappa shape index (κ2) is 6.84. The van der Waals surface area contributed by atoms with Crippen LogP contribution in [-0.4, -0.2) is 29.1 Å². The minimum atomic E-state index is -0.506. The van der Waals surface area contributed by atoms with Crippen molar-refractivity contribution in [3.63, 3.8) is 0 Å². The van der Waals surface area contributed by atoms with Gasteiger partial charge in [0.1, 0.15) is 6.04 Å². The second-order valence-corrected chi connectivity index (χ2v) is 5.87. The lowest BCUT2D eigenvalue weighted by Gasteiger charge is -2.21. The van der Waals surface area contributed by atoms with E-state index in [1.54, 1.807) is 6.92 Å². The van der Waals surface area contributed by atoms with Gasteiger partial charge in [0, 0.05) is 28.2 Å². The highest BCUT2D eigenvalue weighted by Crippen LogP contribution is 2.31. The van der Waals surface area contributed by atoms with Crippen molar-refractivity contribution in [1.82, 2.24) is 10.4 Å². The largest absolute Gasteiger partial charge is 0.460 e. The number of ether oxygens (including phenoxy) is 1. The summed E-state index contributed by atoms with van der Waals surface area (Å²) in [7, 11) is 0. The number of nitrogens with zero attached hydrogens (tertiary/aromatic N) is 2. The van der Waals surface area contributed by atoms with Crippen LogP contribution in [0.2, 0.25) is 0 Å². The third-order valence-electron chi connectivity index (χ3n) is 4.25. The Morgan fingerprint density at radius 2 is 1.88 bits per heavy atom. The normalized spacial score (nSPS) is 16.6. The van der Waals surface area contributed by atoms with Gasteiger partial charge in [-0.1, -0.05) is 48.5 Å². The fourth-order valence-electron chi connectivity index (χ4n) is 3.06. The number of carbonyl (C=O) groups is 1. The predicted molar refractivity (Wildman–Crippen MR) is 101 cm³/mol. The number of fused-ring (bicyclic) bond motifs is 1. The summed E-state index contributed by atoms with van der Waals surface area (Å²) in [5, 5.41) is 5.50. The molecule has 0 saturated heterocycles. The maximum Gasteiger partial charge on any atom is 0.375 e. The maximum absolute atomic E-state index is 12.1. The number of nitrogens with one attached hydrogen (secondary N) is 2. The molecule has 1 atom stereocenters. The molecule has 2 N–H and O–H groups in total. The molecule has 1 aliphatic heterocycles. The number of hydrogen-bond acceptors (Lipinski definition) is 5. The Kier molecular flexibility index (Phi) is 4.23. The lowest BCUT2D eigenvalue weighted by Crippen LogP contribution is -2.36. The Morgan fingerprint density at radius 1 is 1.12 bits per heavy atom. The fourth-order valence-corrected chi connectivity index (χ4v) is 3.06. The highest BCUT2D eigenvalue weighted by atomic mass is 16.5.